The number of sulfonamides is 1. The maximum Gasteiger partial charge on any atom is 0.319 e. The molecule has 8 nitrogen and oxygen atoms in total. The van der Waals surface area contributed by atoms with E-state index in [-0.39, 0.29) is 11.8 Å². The first-order chi connectivity index (χ1) is 13.4. The van der Waals surface area contributed by atoms with Gasteiger partial charge >= 0.3 is 6.03 Å². The van der Waals surface area contributed by atoms with Crippen molar-refractivity contribution in [2.75, 3.05) is 29.7 Å². The molecule has 0 bridgehead atoms. The van der Waals surface area contributed by atoms with E-state index in [2.05, 4.69) is 26.2 Å². The number of anilines is 2. The van der Waals surface area contributed by atoms with Crippen LogP contribution in [0.15, 0.2) is 48.5 Å². The summed E-state index contributed by atoms with van der Waals surface area (Å²) in [6.07, 6.45) is 0. The smallest absolute Gasteiger partial charge is 0.319 e. The van der Waals surface area contributed by atoms with Gasteiger partial charge in [0.15, 0.2) is 0 Å². The topological polar surface area (TPSA) is 111 Å². The summed E-state index contributed by atoms with van der Waals surface area (Å²) in [6, 6.07) is 12.9. The Hall–Kier alpha value is -2.33. The summed E-state index contributed by atoms with van der Waals surface area (Å²) < 4.78 is 27.1. The van der Waals surface area contributed by atoms with Crippen molar-refractivity contribution in [1.29, 1.82) is 0 Å². The van der Waals surface area contributed by atoms with Crippen LogP contribution >= 0.6 is 11.6 Å². The molecule has 3 rings (SSSR count). The van der Waals surface area contributed by atoms with Gasteiger partial charge in [0.25, 0.3) is 0 Å². The maximum absolute atomic E-state index is 12.3. The minimum absolute atomic E-state index is 0.180. The summed E-state index contributed by atoms with van der Waals surface area (Å²) in [6.45, 7) is 2.18. The van der Waals surface area contributed by atoms with Gasteiger partial charge in [-0.1, -0.05) is 23.7 Å². The molecule has 0 aromatic heterocycles. The summed E-state index contributed by atoms with van der Waals surface area (Å²) in [5.74, 6) is 0.169. The molecule has 10 heteroatoms. The number of carbonyl (C=O) groups excluding carboxylic acids is 1. The third-order valence-electron chi connectivity index (χ3n) is 4.12. The molecule has 0 saturated carbocycles. The lowest BCUT2D eigenvalue weighted by molar-refractivity contribution is 0.250. The molecule has 1 heterocycles. The van der Waals surface area contributed by atoms with E-state index in [0.717, 1.165) is 13.1 Å². The van der Waals surface area contributed by atoms with Crippen LogP contribution in [0.3, 0.4) is 0 Å². The molecule has 1 aliphatic rings. The van der Waals surface area contributed by atoms with Crippen LogP contribution in [0.4, 0.5) is 16.2 Å². The highest BCUT2D eigenvalue weighted by atomic mass is 35.5. The fourth-order valence-corrected chi connectivity index (χ4v) is 4.14. The van der Waals surface area contributed by atoms with E-state index < -0.39 is 10.0 Å². The molecule has 150 valence electrons. The summed E-state index contributed by atoms with van der Waals surface area (Å²) in [5, 5.41) is 6.01. The van der Waals surface area contributed by atoms with E-state index in [1.165, 1.54) is 0 Å². The molecule has 0 unspecified atom stereocenters. The zero-order valence-electron chi connectivity index (χ0n) is 15.0. The van der Waals surface area contributed by atoms with Crippen molar-refractivity contribution in [2.45, 2.75) is 5.75 Å². The Morgan fingerprint density at radius 3 is 2.43 bits per heavy atom. The Morgan fingerprint density at radius 2 is 1.75 bits per heavy atom. The molecule has 28 heavy (non-hydrogen) atoms. The fraction of sp³-hybridized carbons (Fsp3) is 0.278. The second-order valence-electron chi connectivity index (χ2n) is 6.53. The summed E-state index contributed by atoms with van der Waals surface area (Å²) in [7, 11) is -3.58. The Morgan fingerprint density at radius 1 is 1.07 bits per heavy atom. The Bertz CT molecular complexity index is 915. The first kappa shape index (κ1) is 20.4. The van der Waals surface area contributed by atoms with E-state index in [1.807, 2.05) is 0 Å². The highest BCUT2D eigenvalue weighted by Crippen LogP contribution is 2.18. The van der Waals surface area contributed by atoms with Gasteiger partial charge in [0.05, 0.1) is 5.75 Å². The predicted octanol–water partition coefficient (Wildman–Crippen LogP) is 2.13. The van der Waals surface area contributed by atoms with E-state index in [9.17, 15) is 13.2 Å². The van der Waals surface area contributed by atoms with Gasteiger partial charge in [-0.2, -0.15) is 0 Å². The second-order valence-corrected chi connectivity index (χ2v) is 8.69. The number of carbonyl (C=O) groups is 1. The van der Waals surface area contributed by atoms with Gasteiger partial charge < -0.3 is 10.6 Å². The van der Waals surface area contributed by atoms with Crippen LogP contribution < -0.4 is 26.2 Å². The minimum Gasteiger partial charge on any atom is -0.337 e. The Labute approximate surface area is 169 Å². The highest BCUT2D eigenvalue weighted by Gasteiger charge is 2.15. The summed E-state index contributed by atoms with van der Waals surface area (Å²) in [4.78, 5) is 11.9. The van der Waals surface area contributed by atoms with Gasteiger partial charge in [-0.05, 0) is 42.0 Å². The predicted molar refractivity (Wildman–Crippen MR) is 111 cm³/mol. The van der Waals surface area contributed by atoms with Crippen molar-refractivity contribution in [2.24, 2.45) is 5.92 Å². The molecule has 2 aromatic rings. The van der Waals surface area contributed by atoms with E-state index >= 15 is 0 Å². The molecule has 0 radical (unpaired) electrons. The van der Waals surface area contributed by atoms with Gasteiger partial charge in [-0.3, -0.25) is 15.6 Å². The lowest BCUT2D eigenvalue weighted by Gasteiger charge is -2.12. The van der Waals surface area contributed by atoms with E-state index in [1.54, 1.807) is 48.5 Å². The monoisotopic (exact) mass is 423 g/mol. The number of nitrogens with one attached hydrogen (secondary N) is 5. The first-order valence-corrected chi connectivity index (χ1v) is 10.8. The Balaban J connectivity index is 1.51. The molecule has 0 aliphatic carbocycles. The van der Waals surface area contributed by atoms with Crippen molar-refractivity contribution in [1.82, 2.24) is 16.2 Å². The lowest BCUT2D eigenvalue weighted by atomic mass is 10.2. The van der Waals surface area contributed by atoms with Crippen LogP contribution in [0.5, 0.6) is 0 Å². The number of benzene rings is 2. The first-order valence-electron chi connectivity index (χ1n) is 8.75. The number of halogens is 1. The molecule has 1 aliphatic heterocycles. The third-order valence-corrected chi connectivity index (χ3v) is 5.61. The number of urea groups is 1. The summed E-state index contributed by atoms with van der Waals surface area (Å²) in [5.41, 5.74) is 7.59. The molecule has 1 fully saturated rings. The average molecular weight is 424 g/mol. The van der Waals surface area contributed by atoms with Crippen LogP contribution in [0.2, 0.25) is 5.02 Å². The lowest BCUT2D eigenvalue weighted by Crippen LogP contribution is -2.34. The van der Waals surface area contributed by atoms with Crippen LogP contribution in [-0.2, 0) is 15.8 Å². The normalized spacial score (nSPS) is 14.6. The molecule has 1 saturated heterocycles. The van der Waals surface area contributed by atoms with Crippen molar-refractivity contribution in [3.63, 3.8) is 0 Å². The molecule has 0 atom stereocenters. The van der Waals surface area contributed by atoms with Crippen LogP contribution in [0.1, 0.15) is 5.56 Å². The molecule has 5 N–H and O–H groups in total. The second kappa shape index (κ2) is 9.24. The average Bonchev–Trinajstić information content (AvgIpc) is 3.14. The van der Waals surface area contributed by atoms with Gasteiger partial charge in [0.1, 0.15) is 0 Å². The molecular weight excluding hydrogens is 402 g/mol. The quantitative estimate of drug-likeness (QED) is 0.468. The van der Waals surface area contributed by atoms with Crippen LogP contribution in [-0.4, -0.2) is 34.1 Å². The van der Waals surface area contributed by atoms with Crippen LogP contribution in [0, 0.1) is 5.92 Å². The number of amides is 2. The van der Waals surface area contributed by atoms with Gasteiger partial charge in [-0.15, -0.1) is 0 Å². The molecule has 0 spiro atoms. The highest BCUT2D eigenvalue weighted by molar-refractivity contribution is 7.91. The fourth-order valence-electron chi connectivity index (χ4n) is 2.75. The van der Waals surface area contributed by atoms with Crippen molar-refractivity contribution in [3.05, 3.63) is 59.1 Å². The van der Waals surface area contributed by atoms with Crippen molar-refractivity contribution in [3.8, 4) is 0 Å². The molecule has 2 aromatic carbocycles. The van der Waals surface area contributed by atoms with E-state index in [4.69, 9.17) is 11.6 Å². The zero-order valence-corrected chi connectivity index (χ0v) is 16.6. The van der Waals surface area contributed by atoms with Crippen molar-refractivity contribution >= 4 is 39.0 Å². The van der Waals surface area contributed by atoms with Gasteiger partial charge in [0, 0.05) is 41.9 Å². The standard InChI is InChI=1S/C18H22ClN5O3S/c19-15-3-1-2-13(8-15)12-28(26,27)24-17-6-4-16(5-7-17)23-18(25)20-9-14-10-21-22-11-14/h1-8,14,21-22,24H,9-12H2,(H2,20,23,25). The summed E-state index contributed by atoms with van der Waals surface area (Å²) >= 11 is 5.89. The third kappa shape index (κ3) is 6.38. The molecule has 2 amide bonds. The number of rotatable bonds is 7. The Kier molecular flexibility index (Phi) is 6.74. The number of hydrazine groups is 1. The number of hydrogen-bond acceptors (Lipinski definition) is 5. The maximum atomic E-state index is 12.3. The van der Waals surface area contributed by atoms with Crippen LogP contribution in [0.25, 0.3) is 0 Å². The van der Waals surface area contributed by atoms with Crippen molar-refractivity contribution < 1.29 is 13.2 Å². The minimum atomic E-state index is -3.58. The molecular formula is C18H22ClN5O3S. The number of hydrogen-bond donors (Lipinski definition) is 5. The van der Waals surface area contributed by atoms with Gasteiger partial charge in [-0.25, -0.2) is 13.2 Å². The zero-order chi connectivity index (χ0) is 20.0. The van der Waals surface area contributed by atoms with Gasteiger partial charge in [0.2, 0.25) is 10.0 Å². The SMILES string of the molecule is O=C(NCC1CNNC1)Nc1ccc(NS(=O)(=O)Cc2cccc(Cl)c2)cc1. The van der Waals surface area contributed by atoms with E-state index in [0.29, 0.717) is 34.4 Å². The largest absolute Gasteiger partial charge is 0.337 e.